The number of furan rings is 1. The zero-order valence-electron chi connectivity index (χ0n) is 19.6. The van der Waals surface area contributed by atoms with Crippen molar-refractivity contribution in [1.82, 2.24) is 0 Å². The van der Waals surface area contributed by atoms with Gasteiger partial charge in [0.05, 0.1) is 18.8 Å². The summed E-state index contributed by atoms with van der Waals surface area (Å²) in [4.78, 5) is 27.0. The van der Waals surface area contributed by atoms with E-state index in [0.717, 1.165) is 48.3 Å². The summed E-state index contributed by atoms with van der Waals surface area (Å²) in [5.74, 6) is 1.29. The van der Waals surface area contributed by atoms with E-state index < -0.39 is 5.91 Å². The van der Waals surface area contributed by atoms with Crippen LogP contribution >= 0.6 is 11.3 Å². The highest BCUT2D eigenvalue weighted by Crippen LogP contribution is 2.39. The highest BCUT2D eigenvalue weighted by Gasteiger charge is 2.28. The second-order valence-electron chi connectivity index (χ2n) is 8.22. The van der Waals surface area contributed by atoms with E-state index in [2.05, 4.69) is 5.32 Å². The molecule has 4 rings (SSSR count). The summed E-state index contributed by atoms with van der Waals surface area (Å²) in [5.41, 5.74) is 1.50. The second-order valence-corrected chi connectivity index (χ2v) is 9.33. The fourth-order valence-corrected chi connectivity index (χ4v) is 5.04. The van der Waals surface area contributed by atoms with E-state index >= 15 is 0 Å². The van der Waals surface area contributed by atoms with Crippen molar-refractivity contribution >= 4 is 28.2 Å². The quantitative estimate of drug-likeness (QED) is 0.375. The molecular formula is C26H29NO6S. The van der Waals surface area contributed by atoms with Crippen molar-refractivity contribution in [2.45, 2.75) is 58.7 Å². The Labute approximate surface area is 203 Å². The standard InChI is InChI=1S/C26H29NO6S/c1-4-16(2)32-26(29)23-20-7-5-6-8-22(20)34-25(23)27-24(28)21-14-13-19(33-21)15-31-18-11-9-17(30-3)10-12-18/h9-14,16H,4-8,15H2,1-3H3,(H,27,28). The number of aryl methyl sites for hydroxylation is 1. The summed E-state index contributed by atoms with van der Waals surface area (Å²) < 4.78 is 22.1. The van der Waals surface area contributed by atoms with Gasteiger partial charge in [0.1, 0.15) is 28.9 Å². The molecule has 1 unspecified atom stereocenters. The number of hydrogen-bond acceptors (Lipinski definition) is 7. The Morgan fingerprint density at radius 3 is 2.56 bits per heavy atom. The van der Waals surface area contributed by atoms with E-state index in [9.17, 15) is 9.59 Å². The fourth-order valence-electron chi connectivity index (χ4n) is 3.76. The summed E-state index contributed by atoms with van der Waals surface area (Å²) in [5, 5.41) is 3.41. The molecule has 3 aromatic rings. The third-order valence-corrected chi connectivity index (χ3v) is 7.02. The number of carbonyl (C=O) groups excluding carboxylic acids is 2. The number of nitrogens with one attached hydrogen (secondary N) is 1. The lowest BCUT2D eigenvalue weighted by atomic mass is 9.95. The Morgan fingerprint density at radius 2 is 1.82 bits per heavy atom. The van der Waals surface area contributed by atoms with Gasteiger partial charge in [-0.25, -0.2) is 4.79 Å². The maximum atomic E-state index is 12.9. The van der Waals surface area contributed by atoms with Crippen molar-refractivity contribution in [3.8, 4) is 11.5 Å². The van der Waals surface area contributed by atoms with Crippen LogP contribution in [0.5, 0.6) is 11.5 Å². The van der Waals surface area contributed by atoms with Crippen LogP contribution in [-0.2, 0) is 24.2 Å². The van der Waals surface area contributed by atoms with Crippen LogP contribution in [0.25, 0.3) is 0 Å². The SMILES string of the molecule is CCC(C)OC(=O)c1c(NC(=O)c2ccc(COc3ccc(OC)cc3)o2)sc2c1CCCC2. The van der Waals surface area contributed by atoms with Gasteiger partial charge in [-0.1, -0.05) is 6.92 Å². The number of hydrogen-bond donors (Lipinski definition) is 1. The predicted octanol–water partition coefficient (Wildman–Crippen LogP) is 6.02. The third kappa shape index (κ3) is 5.44. The van der Waals surface area contributed by atoms with Gasteiger partial charge >= 0.3 is 5.97 Å². The van der Waals surface area contributed by atoms with Crippen LogP contribution in [0.3, 0.4) is 0 Å². The molecule has 1 amide bonds. The highest BCUT2D eigenvalue weighted by molar-refractivity contribution is 7.17. The minimum Gasteiger partial charge on any atom is -0.497 e. The number of anilines is 1. The first-order valence-corrected chi connectivity index (χ1v) is 12.3. The van der Waals surface area contributed by atoms with Gasteiger partial charge in [-0.3, -0.25) is 4.79 Å². The molecule has 0 fully saturated rings. The van der Waals surface area contributed by atoms with E-state index in [0.29, 0.717) is 22.1 Å². The molecule has 1 aliphatic rings. The molecule has 8 heteroatoms. The van der Waals surface area contributed by atoms with Crippen molar-refractivity contribution < 1.29 is 28.2 Å². The molecule has 0 spiro atoms. The lowest BCUT2D eigenvalue weighted by Gasteiger charge is -2.15. The van der Waals surface area contributed by atoms with Gasteiger partial charge in [-0.2, -0.15) is 0 Å². The number of thiophene rings is 1. The number of amides is 1. The second kappa shape index (κ2) is 10.8. The van der Waals surface area contributed by atoms with Crippen molar-refractivity contribution in [3.05, 3.63) is 63.9 Å². The van der Waals surface area contributed by atoms with E-state index in [1.807, 2.05) is 13.8 Å². The van der Waals surface area contributed by atoms with Crippen molar-refractivity contribution in [2.75, 3.05) is 12.4 Å². The van der Waals surface area contributed by atoms with Gasteiger partial charge in [0, 0.05) is 4.88 Å². The average Bonchev–Trinajstić information content (AvgIpc) is 3.47. The maximum absolute atomic E-state index is 12.9. The lowest BCUT2D eigenvalue weighted by molar-refractivity contribution is 0.0335. The summed E-state index contributed by atoms with van der Waals surface area (Å²) in [6.45, 7) is 4.02. The number of ether oxygens (including phenoxy) is 3. The molecule has 7 nitrogen and oxygen atoms in total. The first-order chi connectivity index (χ1) is 16.5. The molecule has 2 aromatic heterocycles. The van der Waals surface area contributed by atoms with Gasteiger partial charge in [0.25, 0.3) is 5.91 Å². The zero-order chi connectivity index (χ0) is 24.1. The van der Waals surface area contributed by atoms with Crippen LogP contribution in [0, 0.1) is 0 Å². The minimum absolute atomic E-state index is 0.154. The summed E-state index contributed by atoms with van der Waals surface area (Å²) in [6.07, 6.45) is 4.38. The monoisotopic (exact) mass is 483 g/mol. The van der Waals surface area contributed by atoms with E-state index in [-0.39, 0.29) is 24.4 Å². The molecule has 1 N–H and O–H groups in total. The largest absolute Gasteiger partial charge is 0.497 e. The van der Waals surface area contributed by atoms with Crippen LogP contribution in [0.2, 0.25) is 0 Å². The lowest BCUT2D eigenvalue weighted by Crippen LogP contribution is -2.18. The average molecular weight is 484 g/mol. The van der Waals surface area contributed by atoms with E-state index in [1.54, 1.807) is 43.5 Å². The van der Waals surface area contributed by atoms with Gasteiger partial charge in [-0.05, 0) is 81.0 Å². The Hall–Kier alpha value is -3.26. The molecule has 2 heterocycles. The van der Waals surface area contributed by atoms with Crippen LogP contribution in [0.15, 0.2) is 40.8 Å². The van der Waals surface area contributed by atoms with Crippen molar-refractivity contribution in [1.29, 1.82) is 0 Å². The molecule has 1 aliphatic carbocycles. The Morgan fingerprint density at radius 1 is 1.09 bits per heavy atom. The topological polar surface area (TPSA) is 87.0 Å². The van der Waals surface area contributed by atoms with E-state index in [1.165, 1.54) is 11.3 Å². The third-order valence-electron chi connectivity index (χ3n) is 5.81. The fraction of sp³-hybridized carbons (Fsp3) is 0.385. The van der Waals surface area contributed by atoms with Gasteiger partial charge in [0.15, 0.2) is 5.76 Å². The predicted molar refractivity (Wildman–Crippen MR) is 130 cm³/mol. The number of benzene rings is 1. The molecule has 1 atom stereocenters. The molecule has 0 radical (unpaired) electrons. The number of fused-ring (bicyclic) bond motifs is 1. The molecule has 0 bridgehead atoms. The molecule has 180 valence electrons. The van der Waals surface area contributed by atoms with Gasteiger partial charge in [0.2, 0.25) is 0 Å². The number of methoxy groups -OCH3 is 1. The summed E-state index contributed by atoms with van der Waals surface area (Å²) in [7, 11) is 1.61. The van der Waals surface area contributed by atoms with Crippen molar-refractivity contribution in [3.63, 3.8) is 0 Å². The van der Waals surface area contributed by atoms with Crippen LogP contribution in [0.4, 0.5) is 5.00 Å². The first-order valence-electron chi connectivity index (χ1n) is 11.5. The highest BCUT2D eigenvalue weighted by atomic mass is 32.1. The molecule has 0 aliphatic heterocycles. The van der Waals surface area contributed by atoms with E-state index in [4.69, 9.17) is 18.6 Å². The van der Waals surface area contributed by atoms with Crippen LogP contribution in [0.1, 0.15) is 70.2 Å². The normalized spacial score (nSPS) is 13.6. The molecule has 1 aromatic carbocycles. The number of rotatable bonds is 9. The zero-order valence-corrected chi connectivity index (χ0v) is 20.5. The Bertz CT molecular complexity index is 1150. The van der Waals surface area contributed by atoms with Crippen molar-refractivity contribution in [2.24, 2.45) is 0 Å². The first kappa shape index (κ1) is 23.9. The van der Waals surface area contributed by atoms with Gasteiger partial charge < -0.3 is 23.9 Å². The smallest absolute Gasteiger partial charge is 0.341 e. The molecule has 0 saturated carbocycles. The van der Waals surface area contributed by atoms with Crippen LogP contribution < -0.4 is 14.8 Å². The Kier molecular flexibility index (Phi) is 7.57. The summed E-state index contributed by atoms with van der Waals surface area (Å²) in [6, 6.07) is 10.5. The number of carbonyl (C=O) groups is 2. The summed E-state index contributed by atoms with van der Waals surface area (Å²) >= 11 is 1.46. The molecule has 0 saturated heterocycles. The Balaban J connectivity index is 1.45. The molecular weight excluding hydrogens is 454 g/mol. The van der Waals surface area contributed by atoms with Gasteiger partial charge in [-0.15, -0.1) is 11.3 Å². The van der Waals surface area contributed by atoms with Crippen LogP contribution in [-0.4, -0.2) is 25.1 Å². The number of esters is 1. The molecule has 34 heavy (non-hydrogen) atoms. The maximum Gasteiger partial charge on any atom is 0.341 e. The minimum atomic E-state index is -0.410.